The summed E-state index contributed by atoms with van der Waals surface area (Å²) in [7, 11) is 0. The Balaban J connectivity index is 2.81. The number of hydrogen-bond donors (Lipinski definition) is 1. The van der Waals surface area contributed by atoms with E-state index in [1.54, 1.807) is 6.07 Å². The first kappa shape index (κ1) is 12.2. The molecule has 1 N–H and O–H groups in total. The molecule has 1 aromatic heterocycles. The summed E-state index contributed by atoms with van der Waals surface area (Å²) in [6.45, 7) is 1.22. The van der Waals surface area contributed by atoms with Crippen LogP contribution in [0.15, 0.2) is 30.5 Å². The number of para-hydroxylation sites is 1. The number of hydrogen-bond acceptors (Lipinski definition) is 2. The molecular formula is C12H9F2NO3. The lowest BCUT2D eigenvalue weighted by Gasteiger charge is -2.09. The molecule has 0 unspecified atom stereocenters. The van der Waals surface area contributed by atoms with Crippen molar-refractivity contribution in [2.75, 3.05) is 0 Å². The number of nitrogens with zero attached hydrogens (tertiary/aromatic N) is 1. The first-order valence-electron chi connectivity index (χ1n) is 5.08. The molecule has 0 saturated heterocycles. The second-order valence-electron chi connectivity index (χ2n) is 3.83. The lowest BCUT2D eigenvalue weighted by Crippen LogP contribution is -2.25. The molecule has 0 amide bonds. The number of benzene rings is 1. The number of halogens is 2. The van der Waals surface area contributed by atoms with E-state index in [-0.39, 0.29) is 10.9 Å². The molecule has 18 heavy (non-hydrogen) atoms. The molecule has 1 aromatic carbocycles. The van der Waals surface area contributed by atoms with Gasteiger partial charge in [0.25, 0.3) is 0 Å². The molecule has 2 rings (SSSR count). The molecule has 0 fully saturated rings. The normalized spacial score (nSPS) is 11.7. The van der Waals surface area contributed by atoms with Crippen LogP contribution in [0, 0.1) is 0 Å². The van der Waals surface area contributed by atoms with Crippen LogP contribution in [0.4, 0.5) is 8.78 Å². The van der Waals surface area contributed by atoms with Gasteiger partial charge in [-0.1, -0.05) is 18.2 Å². The third kappa shape index (κ3) is 1.66. The van der Waals surface area contributed by atoms with Gasteiger partial charge in [0.05, 0.1) is 11.1 Å². The SMILES string of the molecule is CC(=O)n1cc(C(F)(F)C(=O)O)c2ccccc21. The maximum absolute atomic E-state index is 13.6. The minimum absolute atomic E-state index is 0.0556. The summed E-state index contributed by atoms with van der Waals surface area (Å²) >= 11 is 0. The largest absolute Gasteiger partial charge is 0.477 e. The number of aliphatic carboxylic acids is 1. The van der Waals surface area contributed by atoms with Crippen LogP contribution in [0.2, 0.25) is 0 Å². The van der Waals surface area contributed by atoms with Gasteiger partial charge in [0.1, 0.15) is 0 Å². The first-order valence-corrected chi connectivity index (χ1v) is 5.08. The lowest BCUT2D eigenvalue weighted by molar-refractivity contribution is -0.166. The predicted octanol–water partition coefficient (Wildman–Crippen LogP) is 2.48. The minimum atomic E-state index is -4.03. The second-order valence-corrected chi connectivity index (χ2v) is 3.83. The molecular weight excluding hydrogens is 244 g/mol. The van der Waals surface area contributed by atoms with Crippen LogP contribution >= 0.6 is 0 Å². The van der Waals surface area contributed by atoms with Crippen LogP contribution < -0.4 is 0 Å². The summed E-state index contributed by atoms with van der Waals surface area (Å²) in [5, 5.41) is 8.61. The molecule has 2 aromatic rings. The molecule has 4 nitrogen and oxygen atoms in total. The zero-order valence-electron chi connectivity index (χ0n) is 9.35. The Morgan fingerprint density at radius 2 is 1.89 bits per heavy atom. The highest BCUT2D eigenvalue weighted by molar-refractivity contribution is 5.96. The van der Waals surface area contributed by atoms with Crippen molar-refractivity contribution in [3.63, 3.8) is 0 Å². The number of carbonyl (C=O) groups is 2. The van der Waals surface area contributed by atoms with Crippen LogP contribution in [0.1, 0.15) is 17.3 Å². The van der Waals surface area contributed by atoms with Crippen molar-refractivity contribution >= 4 is 22.8 Å². The van der Waals surface area contributed by atoms with Gasteiger partial charge < -0.3 is 5.11 Å². The van der Waals surface area contributed by atoms with Crippen molar-refractivity contribution in [1.82, 2.24) is 4.57 Å². The van der Waals surface area contributed by atoms with Crippen LogP contribution in [0.3, 0.4) is 0 Å². The van der Waals surface area contributed by atoms with Crippen molar-refractivity contribution in [2.45, 2.75) is 12.8 Å². The van der Waals surface area contributed by atoms with Gasteiger partial charge in [0.2, 0.25) is 5.91 Å². The maximum Gasteiger partial charge on any atom is 0.379 e. The summed E-state index contributed by atoms with van der Waals surface area (Å²) < 4.78 is 28.1. The van der Waals surface area contributed by atoms with E-state index in [4.69, 9.17) is 5.11 Å². The van der Waals surface area contributed by atoms with Crippen LogP contribution in [0.5, 0.6) is 0 Å². The van der Waals surface area contributed by atoms with Gasteiger partial charge in [-0.25, -0.2) is 4.79 Å². The Bertz CT molecular complexity index is 646. The summed E-state index contributed by atoms with van der Waals surface area (Å²) in [5.41, 5.74) is -0.415. The van der Waals surface area contributed by atoms with E-state index in [9.17, 15) is 18.4 Å². The van der Waals surface area contributed by atoms with Gasteiger partial charge in [0, 0.05) is 18.5 Å². The third-order valence-corrected chi connectivity index (χ3v) is 2.66. The summed E-state index contributed by atoms with van der Waals surface area (Å²) in [4.78, 5) is 21.9. The van der Waals surface area contributed by atoms with Gasteiger partial charge in [-0.3, -0.25) is 9.36 Å². The number of fused-ring (bicyclic) bond motifs is 1. The zero-order chi connectivity index (χ0) is 13.5. The van der Waals surface area contributed by atoms with Crippen molar-refractivity contribution < 1.29 is 23.5 Å². The standard InChI is InChI=1S/C12H9F2NO3/c1-7(16)15-6-9(12(13,14)11(17)18)8-4-2-3-5-10(8)15/h2-6H,1H3,(H,17,18). The van der Waals surface area contributed by atoms with Crippen LogP contribution in [0.25, 0.3) is 10.9 Å². The van der Waals surface area contributed by atoms with Gasteiger partial charge in [-0.05, 0) is 6.07 Å². The van der Waals surface area contributed by atoms with E-state index < -0.39 is 23.4 Å². The highest BCUT2D eigenvalue weighted by Gasteiger charge is 2.43. The number of alkyl halides is 2. The topological polar surface area (TPSA) is 59.3 Å². The second kappa shape index (κ2) is 3.90. The van der Waals surface area contributed by atoms with Crippen LogP contribution in [-0.2, 0) is 10.7 Å². The van der Waals surface area contributed by atoms with E-state index in [0.29, 0.717) is 0 Å². The van der Waals surface area contributed by atoms with Crippen molar-refractivity contribution in [1.29, 1.82) is 0 Å². The number of rotatable bonds is 2. The third-order valence-electron chi connectivity index (χ3n) is 2.66. The maximum atomic E-state index is 13.6. The number of carboxylic acids is 1. The fourth-order valence-electron chi connectivity index (χ4n) is 1.81. The minimum Gasteiger partial charge on any atom is -0.477 e. The van der Waals surface area contributed by atoms with Gasteiger partial charge in [0.15, 0.2) is 0 Å². The van der Waals surface area contributed by atoms with Crippen molar-refractivity contribution in [3.8, 4) is 0 Å². The highest BCUT2D eigenvalue weighted by Crippen LogP contribution is 2.35. The molecule has 0 spiro atoms. The number of aromatic nitrogens is 1. The molecule has 0 aliphatic heterocycles. The Morgan fingerprint density at radius 3 is 2.44 bits per heavy atom. The fourth-order valence-corrected chi connectivity index (χ4v) is 1.81. The summed E-state index contributed by atoms with van der Waals surface area (Å²) in [6, 6.07) is 5.94. The molecule has 0 bridgehead atoms. The first-order chi connectivity index (χ1) is 8.35. The monoisotopic (exact) mass is 253 g/mol. The molecule has 0 saturated carbocycles. The van der Waals surface area contributed by atoms with Crippen molar-refractivity contribution in [2.24, 2.45) is 0 Å². The van der Waals surface area contributed by atoms with Gasteiger partial charge >= 0.3 is 11.9 Å². The smallest absolute Gasteiger partial charge is 0.379 e. The van der Waals surface area contributed by atoms with Crippen LogP contribution in [-0.4, -0.2) is 21.6 Å². The molecule has 0 aliphatic carbocycles. The summed E-state index contributed by atoms with van der Waals surface area (Å²) in [5.74, 6) is -6.73. The molecule has 0 aliphatic rings. The molecule has 1 heterocycles. The van der Waals surface area contributed by atoms with Gasteiger partial charge in [-0.15, -0.1) is 0 Å². The fraction of sp³-hybridized carbons (Fsp3) is 0.167. The average Bonchev–Trinajstić information content (AvgIpc) is 2.68. The molecule has 94 valence electrons. The van der Waals surface area contributed by atoms with Gasteiger partial charge in [-0.2, -0.15) is 8.78 Å². The molecule has 0 atom stereocenters. The predicted molar refractivity (Wildman–Crippen MR) is 59.8 cm³/mol. The lowest BCUT2D eigenvalue weighted by atomic mass is 10.1. The summed E-state index contributed by atoms with van der Waals surface area (Å²) in [6.07, 6.45) is 0.876. The number of carbonyl (C=O) groups excluding carboxylic acids is 1. The van der Waals surface area contributed by atoms with Crippen molar-refractivity contribution in [3.05, 3.63) is 36.0 Å². The van der Waals surface area contributed by atoms with E-state index in [1.807, 2.05) is 0 Å². The van der Waals surface area contributed by atoms with E-state index in [2.05, 4.69) is 0 Å². The number of carboxylic acid groups (broad SMARTS) is 1. The average molecular weight is 253 g/mol. The molecule has 0 radical (unpaired) electrons. The Morgan fingerprint density at radius 1 is 1.28 bits per heavy atom. The van der Waals surface area contributed by atoms with E-state index in [0.717, 1.165) is 10.8 Å². The van der Waals surface area contributed by atoms with E-state index >= 15 is 0 Å². The Kier molecular flexibility index (Phi) is 2.65. The Labute approximate surface area is 100 Å². The highest BCUT2D eigenvalue weighted by atomic mass is 19.3. The van der Waals surface area contributed by atoms with E-state index in [1.165, 1.54) is 25.1 Å². The zero-order valence-corrected chi connectivity index (χ0v) is 9.35. The quantitative estimate of drug-likeness (QED) is 0.894. The molecule has 6 heteroatoms. The Hall–Kier alpha value is -2.24.